The van der Waals surface area contributed by atoms with Crippen LogP contribution in [0.4, 0.5) is 17.1 Å². The van der Waals surface area contributed by atoms with Gasteiger partial charge in [-0.15, -0.1) is 0 Å². The summed E-state index contributed by atoms with van der Waals surface area (Å²) in [4.78, 5) is 15.9. The first-order valence-corrected chi connectivity index (χ1v) is 15.5. The fraction of sp³-hybridized carbons (Fsp3) is 0.195. The van der Waals surface area contributed by atoms with Gasteiger partial charge in [-0.05, 0) is 90.0 Å². The molecule has 0 atom stereocenters. The van der Waals surface area contributed by atoms with Crippen molar-refractivity contribution in [1.82, 2.24) is 0 Å². The highest BCUT2D eigenvalue weighted by Gasteiger charge is 2.41. The van der Waals surface area contributed by atoms with Crippen LogP contribution in [-0.2, 0) is 5.41 Å². The van der Waals surface area contributed by atoms with Crippen molar-refractivity contribution >= 4 is 28.4 Å². The number of nitrogens with zero attached hydrogens (tertiary/aromatic N) is 1. The number of hydrogen-bond donors (Lipinski definition) is 0. The predicted octanol–water partition coefficient (Wildman–Crippen LogP) is 11.5. The lowest BCUT2D eigenvalue weighted by Crippen LogP contribution is -2.24. The molecule has 0 unspecified atom stereocenters. The summed E-state index contributed by atoms with van der Waals surface area (Å²) in [5.74, 6) is 0.0538. The fourth-order valence-corrected chi connectivity index (χ4v) is 6.45. The summed E-state index contributed by atoms with van der Waals surface area (Å²) < 4.78 is 0. The second-order valence-corrected chi connectivity index (χ2v) is 11.0. The summed E-state index contributed by atoms with van der Waals surface area (Å²) in [6.45, 7) is 14.5. The van der Waals surface area contributed by atoms with Crippen LogP contribution < -0.4 is 4.90 Å². The highest BCUT2D eigenvalue weighted by atomic mass is 16.1. The van der Waals surface area contributed by atoms with Crippen LogP contribution in [0, 0.1) is 0 Å². The molecular weight excluding hydrogens is 522 g/mol. The summed E-state index contributed by atoms with van der Waals surface area (Å²) in [5, 5.41) is 0. The monoisotopic (exact) mass is 563 g/mol. The summed E-state index contributed by atoms with van der Waals surface area (Å²) in [5.41, 5.74) is 11.8. The van der Waals surface area contributed by atoms with Crippen LogP contribution in [0.15, 0.2) is 128 Å². The maximum atomic E-state index is 13.6. The molecular formula is C41H41NO. The van der Waals surface area contributed by atoms with Gasteiger partial charge in [-0.1, -0.05) is 119 Å². The van der Waals surface area contributed by atoms with Crippen molar-refractivity contribution in [3.63, 3.8) is 0 Å². The zero-order valence-corrected chi connectivity index (χ0v) is 26.0. The Morgan fingerprint density at radius 1 is 0.605 bits per heavy atom. The lowest BCUT2D eigenvalue weighted by atomic mass is 9.73. The van der Waals surface area contributed by atoms with E-state index in [2.05, 4.69) is 116 Å². The third-order valence-corrected chi connectivity index (χ3v) is 8.74. The van der Waals surface area contributed by atoms with Crippen molar-refractivity contribution in [3.8, 4) is 11.1 Å². The maximum Gasteiger partial charge on any atom is 0.193 e. The van der Waals surface area contributed by atoms with E-state index >= 15 is 0 Å². The van der Waals surface area contributed by atoms with E-state index in [0.717, 1.165) is 46.6 Å². The Morgan fingerprint density at radius 3 is 1.58 bits per heavy atom. The molecule has 0 saturated carbocycles. The Bertz CT molecular complexity index is 1690. The van der Waals surface area contributed by atoms with Crippen molar-refractivity contribution in [2.75, 3.05) is 4.90 Å². The topological polar surface area (TPSA) is 20.3 Å². The van der Waals surface area contributed by atoms with E-state index in [0.29, 0.717) is 5.56 Å². The number of carbonyl (C=O) groups is 1. The normalized spacial score (nSPS) is 12.4. The summed E-state index contributed by atoms with van der Waals surface area (Å²) in [7, 11) is 0. The van der Waals surface area contributed by atoms with Gasteiger partial charge in [-0.25, -0.2) is 0 Å². The van der Waals surface area contributed by atoms with Crippen molar-refractivity contribution in [3.05, 3.63) is 156 Å². The molecule has 0 radical (unpaired) electrons. The average molecular weight is 564 g/mol. The van der Waals surface area contributed by atoms with Crippen LogP contribution in [0.3, 0.4) is 0 Å². The van der Waals surface area contributed by atoms with Gasteiger partial charge in [0.1, 0.15) is 0 Å². The zero-order chi connectivity index (χ0) is 30.6. The Kier molecular flexibility index (Phi) is 8.78. The number of rotatable bonds is 8. The Labute approximate surface area is 257 Å². The molecule has 5 aromatic rings. The van der Waals surface area contributed by atoms with E-state index in [9.17, 15) is 4.79 Å². The summed E-state index contributed by atoms with van der Waals surface area (Å²) >= 11 is 0. The number of fused-ring (bicyclic) bond motifs is 3. The van der Waals surface area contributed by atoms with E-state index in [1.54, 1.807) is 0 Å². The fourth-order valence-electron chi connectivity index (χ4n) is 6.45. The van der Waals surface area contributed by atoms with E-state index in [-0.39, 0.29) is 11.2 Å². The van der Waals surface area contributed by atoms with E-state index in [1.165, 1.54) is 22.3 Å². The standard InChI is InChI=1S/C39H35NO.C2H6/c1-5-39(6-2)36-25-30(38(41)29-19-17-28(18-20-29)27(3)4)21-23-34(36)35-24-22-33(26-37(35)39)40(31-13-9-7-10-14-31)32-15-11-8-12-16-32;1-2/h7-26H,3,5-6H2,1-2,4H3;1-2H3. The Morgan fingerprint density at radius 2 is 1.07 bits per heavy atom. The number of hydrogen-bond acceptors (Lipinski definition) is 2. The minimum absolute atomic E-state index is 0.0538. The SMILES string of the molecule is C=C(C)c1ccc(C(=O)c2ccc3c(c2)C(CC)(CC)c2cc(N(c4ccccc4)c4ccccc4)ccc2-3)cc1.CC. The Hall–Kier alpha value is -4.69. The first-order valence-electron chi connectivity index (χ1n) is 15.5. The van der Waals surface area contributed by atoms with Gasteiger partial charge in [-0.3, -0.25) is 4.79 Å². The van der Waals surface area contributed by atoms with Gasteiger partial charge in [0.25, 0.3) is 0 Å². The van der Waals surface area contributed by atoms with E-state index in [1.807, 2.05) is 51.1 Å². The molecule has 5 aromatic carbocycles. The minimum atomic E-state index is -0.167. The van der Waals surface area contributed by atoms with E-state index in [4.69, 9.17) is 0 Å². The largest absolute Gasteiger partial charge is 0.310 e. The highest BCUT2D eigenvalue weighted by molar-refractivity contribution is 6.09. The molecule has 2 nitrogen and oxygen atoms in total. The molecule has 2 heteroatoms. The van der Waals surface area contributed by atoms with Gasteiger partial charge < -0.3 is 4.90 Å². The number of carbonyl (C=O) groups excluding carboxylic acids is 1. The number of para-hydroxylation sites is 2. The molecule has 216 valence electrons. The first-order chi connectivity index (χ1) is 21.0. The third-order valence-electron chi connectivity index (χ3n) is 8.74. The second-order valence-electron chi connectivity index (χ2n) is 11.0. The molecule has 6 rings (SSSR count). The molecule has 43 heavy (non-hydrogen) atoms. The molecule has 0 heterocycles. The number of ketones is 1. The summed E-state index contributed by atoms with van der Waals surface area (Å²) in [6, 6.07) is 42.0. The van der Waals surface area contributed by atoms with Crippen LogP contribution in [0.5, 0.6) is 0 Å². The number of allylic oxidation sites excluding steroid dienone is 1. The molecule has 0 saturated heterocycles. The number of benzene rings is 5. The molecule has 0 bridgehead atoms. The zero-order valence-electron chi connectivity index (χ0n) is 26.0. The molecule has 0 aliphatic heterocycles. The van der Waals surface area contributed by atoms with Gasteiger partial charge >= 0.3 is 0 Å². The number of anilines is 3. The van der Waals surface area contributed by atoms with Gasteiger partial charge in [0, 0.05) is 33.6 Å². The van der Waals surface area contributed by atoms with Gasteiger partial charge in [0.05, 0.1) is 0 Å². The molecule has 0 aromatic heterocycles. The predicted molar refractivity (Wildman–Crippen MR) is 184 cm³/mol. The molecule has 0 N–H and O–H groups in total. The quantitative estimate of drug-likeness (QED) is 0.175. The van der Waals surface area contributed by atoms with Crippen LogP contribution in [-0.4, -0.2) is 5.78 Å². The Balaban J connectivity index is 0.00000180. The molecule has 0 amide bonds. The first kappa shape index (κ1) is 29.8. The summed E-state index contributed by atoms with van der Waals surface area (Å²) in [6.07, 6.45) is 1.91. The van der Waals surface area contributed by atoms with Gasteiger partial charge in [-0.2, -0.15) is 0 Å². The lowest BCUT2D eigenvalue weighted by Gasteiger charge is -2.32. The lowest BCUT2D eigenvalue weighted by molar-refractivity contribution is 0.103. The maximum absolute atomic E-state index is 13.6. The van der Waals surface area contributed by atoms with Crippen LogP contribution >= 0.6 is 0 Å². The van der Waals surface area contributed by atoms with Crippen molar-refractivity contribution in [1.29, 1.82) is 0 Å². The van der Waals surface area contributed by atoms with Gasteiger partial charge in [0.2, 0.25) is 0 Å². The van der Waals surface area contributed by atoms with Crippen molar-refractivity contribution < 1.29 is 4.79 Å². The second kappa shape index (κ2) is 12.7. The smallest absolute Gasteiger partial charge is 0.193 e. The minimum Gasteiger partial charge on any atom is -0.310 e. The molecule has 0 spiro atoms. The van der Waals surface area contributed by atoms with E-state index < -0.39 is 0 Å². The third kappa shape index (κ3) is 5.34. The van der Waals surface area contributed by atoms with Crippen molar-refractivity contribution in [2.45, 2.75) is 52.9 Å². The molecule has 1 aliphatic rings. The average Bonchev–Trinajstić information content (AvgIpc) is 3.35. The van der Waals surface area contributed by atoms with Crippen LogP contribution in [0.25, 0.3) is 16.7 Å². The molecule has 0 fully saturated rings. The molecule has 1 aliphatic carbocycles. The van der Waals surface area contributed by atoms with Crippen LogP contribution in [0.1, 0.15) is 80.1 Å². The van der Waals surface area contributed by atoms with Crippen LogP contribution in [0.2, 0.25) is 0 Å². The van der Waals surface area contributed by atoms with Gasteiger partial charge in [0.15, 0.2) is 5.78 Å². The highest BCUT2D eigenvalue weighted by Crippen LogP contribution is 2.54. The van der Waals surface area contributed by atoms with Crippen molar-refractivity contribution in [2.24, 2.45) is 0 Å².